The smallest absolute Gasteiger partial charge is 0.289 e. The lowest BCUT2D eigenvalue weighted by molar-refractivity contribution is 0.265. The molecule has 2 nitrogen and oxygen atoms in total. The lowest BCUT2D eigenvalue weighted by atomic mass is 10.2. The quantitative estimate of drug-likeness (QED) is 0.623. The highest BCUT2D eigenvalue weighted by atomic mass is 35.5. The number of nitrogens with one attached hydrogen (secondary N) is 1. The average molecular weight is 290 g/mol. The lowest BCUT2D eigenvalue weighted by Crippen LogP contribution is -2.15. The molecule has 1 aliphatic rings. The molecule has 16 heavy (non-hydrogen) atoms. The van der Waals surface area contributed by atoms with E-state index in [9.17, 15) is 4.79 Å². The van der Waals surface area contributed by atoms with E-state index in [2.05, 4.69) is 5.32 Å². The van der Waals surface area contributed by atoms with Crippen molar-refractivity contribution < 1.29 is 4.79 Å². The molecule has 0 spiro atoms. The normalized spacial score (nSPS) is 18.0. The summed E-state index contributed by atoms with van der Waals surface area (Å²) in [6, 6.07) is 5.31. The van der Waals surface area contributed by atoms with Crippen molar-refractivity contribution in [3.63, 3.8) is 0 Å². The standard InChI is InChI=1S/C10H5Cl2NOS2/c11-6-3-1-2-5(8(6)12)4-7-9(15)13-10(14)16-7/h1-4H,(H,13,14,15)/b7-4-. The summed E-state index contributed by atoms with van der Waals surface area (Å²) in [4.78, 5) is 12.2. The van der Waals surface area contributed by atoms with Gasteiger partial charge in [0.2, 0.25) is 0 Å². The summed E-state index contributed by atoms with van der Waals surface area (Å²) in [5, 5.41) is 3.29. The highest BCUT2D eigenvalue weighted by Crippen LogP contribution is 2.31. The predicted octanol–water partition coefficient (Wildman–Crippen LogP) is 4.12. The second-order valence-electron chi connectivity index (χ2n) is 3.00. The Kier molecular flexibility index (Phi) is 3.54. The first-order valence-corrected chi connectivity index (χ1v) is 6.25. The van der Waals surface area contributed by atoms with Crippen molar-refractivity contribution in [3.05, 3.63) is 38.7 Å². The number of benzene rings is 1. The van der Waals surface area contributed by atoms with E-state index in [0.29, 0.717) is 19.9 Å². The molecule has 0 radical (unpaired) electrons. The van der Waals surface area contributed by atoms with Gasteiger partial charge in [-0.1, -0.05) is 47.6 Å². The second kappa shape index (κ2) is 4.75. The second-order valence-corrected chi connectivity index (χ2v) is 5.20. The molecule has 0 bridgehead atoms. The van der Waals surface area contributed by atoms with Gasteiger partial charge < -0.3 is 5.32 Å². The highest BCUT2D eigenvalue weighted by Gasteiger charge is 2.21. The third-order valence-electron chi connectivity index (χ3n) is 1.91. The van der Waals surface area contributed by atoms with Gasteiger partial charge in [-0.3, -0.25) is 4.79 Å². The van der Waals surface area contributed by atoms with Crippen molar-refractivity contribution in [1.82, 2.24) is 5.32 Å². The first-order chi connectivity index (χ1) is 7.58. The molecule has 1 aliphatic heterocycles. The van der Waals surface area contributed by atoms with E-state index in [0.717, 1.165) is 17.3 Å². The average Bonchev–Trinajstić information content (AvgIpc) is 2.53. The molecular formula is C10H5Cl2NOS2. The van der Waals surface area contributed by atoms with Gasteiger partial charge in [-0.15, -0.1) is 0 Å². The van der Waals surface area contributed by atoms with E-state index in [1.807, 2.05) is 6.07 Å². The summed E-state index contributed by atoms with van der Waals surface area (Å²) in [6.07, 6.45) is 1.75. The fourth-order valence-corrected chi connectivity index (χ4v) is 2.58. The van der Waals surface area contributed by atoms with Crippen molar-refractivity contribution in [3.8, 4) is 0 Å². The number of amides is 1. The Labute approximate surface area is 112 Å². The Bertz CT molecular complexity index is 514. The number of rotatable bonds is 1. The van der Waals surface area contributed by atoms with Gasteiger partial charge in [0.1, 0.15) is 4.99 Å². The van der Waals surface area contributed by atoms with Gasteiger partial charge in [0.15, 0.2) is 0 Å². The largest absolute Gasteiger partial charge is 0.307 e. The number of hydrogen-bond donors (Lipinski definition) is 1. The van der Waals surface area contributed by atoms with Crippen LogP contribution in [0.5, 0.6) is 0 Å². The molecule has 0 aromatic heterocycles. The zero-order valence-corrected chi connectivity index (χ0v) is 10.9. The molecule has 1 saturated heterocycles. The Balaban J connectivity index is 2.40. The summed E-state index contributed by atoms with van der Waals surface area (Å²) < 4.78 is 0. The minimum atomic E-state index is -0.172. The summed E-state index contributed by atoms with van der Waals surface area (Å²) in [6.45, 7) is 0. The molecule has 1 aromatic rings. The van der Waals surface area contributed by atoms with Crippen LogP contribution in [0.2, 0.25) is 10.0 Å². The number of thioether (sulfide) groups is 1. The first kappa shape index (κ1) is 11.9. The van der Waals surface area contributed by atoms with Crippen LogP contribution >= 0.6 is 47.2 Å². The van der Waals surface area contributed by atoms with Crippen LogP contribution in [0.4, 0.5) is 4.79 Å². The molecule has 0 atom stereocenters. The van der Waals surface area contributed by atoms with Gasteiger partial charge in [-0.2, -0.15) is 0 Å². The number of hydrogen-bond acceptors (Lipinski definition) is 3. The van der Waals surface area contributed by atoms with Crippen LogP contribution in [-0.2, 0) is 0 Å². The minimum absolute atomic E-state index is 0.172. The van der Waals surface area contributed by atoms with Crippen molar-refractivity contribution in [2.45, 2.75) is 0 Å². The predicted molar refractivity (Wildman–Crippen MR) is 73.2 cm³/mol. The molecule has 0 aliphatic carbocycles. The molecular weight excluding hydrogens is 285 g/mol. The van der Waals surface area contributed by atoms with Crippen molar-refractivity contribution in [2.24, 2.45) is 0 Å². The lowest BCUT2D eigenvalue weighted by Gasteiger charge is -2.01. The molecule has 1 fully saturated rings. The number of halogens is 2. The Hall–Kier alpha value is -0.550. The molecule has 6 heteroatoms. The van der Waals surface area contributed by atoms with Crippen LogP contribution < -0.4 is 5.32 Å². The summed E-state index contributed by atoms with van der Waals surface area (Å²) in [5.41, 5.74) is 0.746. The van der Waals surface area contributed by atoms with Crippen LogP contribution in [0, 0.1) is 0 Å². The topological polar surface area (TPSA) is 29.1 Å². The Morgan fingerprint density at radius 1 is 1.38 bits per heavy atom. The molecule has 2 rings (SSSR count). The fraction of sp³-hybridized carbons (Fsp3) is 0. The van der Waals surface area contributed by atoms with Crippen LogP contribution in [0.3, 0.4) is 0 Å². The highest BCUT2D eigenvalue weighted by molar-refractivity contribution is 8.19. The number of carbonyl (C=O) groups excluding carboxylic acids is 1. The van der Waals surface area contributed by atoms with E-state index < -0.39 is 0 Å². The molecule has 82 valence electrons. The fourth-order valence-electron chi connectivity index (χ4n) is 1.19. The van der Waals surface area contributed by atoms with Gasteiger partial charge in [-0.25, -0.2) is 0 Å². The van der Waals surface area contributed by atoms with Gasteiger partial charge in [0.25, 0.3) is 5.24 Å². The Morgan fingerprint density at radius 3 is 2.75 bits per heavy atom. The minimum Gasteiger partial charge on any atom is -0.307 e. The maximum Gasteiger partial charge on any atom is 0.289 e. The SMILES string of the molecule is O=C1NC(=S)/C(=C/c2cccc(Cl)c2Cl)S1. The van der Waals surface area contributed by atoms with Gasteiger partial charge in [0.05, 0.1) is 15.0 Å². The molecule has 1 aromatic carbocycles. The van der Waals surface area contributed by atoms with Crippen molar-refractivity contribution in [1.29, 1.82) is 0 Å². The summed E-state index contributed by atoms with van der Waals surface area (Å²) >= 11 is 17.9. The van der Waals surface area contributed by atoms with Crippen LogP contribution in [-0.4, -0.2) is 10.2 Å². The van der Waals surface area contributed by atoms with E-state index in [1.54, 1.807) is 18.2 Å². The third-order valence-corrected chi connectivity index (χ3v) is 4.02. The zero-order chi connectivity index (χ0) is 11.7. The van der Waals surface area contributed by atoms with Gasteiger partial charge in [-0.05, 0) is 29.5 Å². The van der Waals surface area contributed by atoms with Crippen LogP contribution in [0.25, 0.3) is 6.08 Å². The maximum atomic E-state index is 11.1. The van der Waals surface area contributed by atoms with E-state index >= 15 is 0 Å². The molecule has 1 N–H and O–H groups in total. The molecule has 1 heterocycles. The molecule has 1 amide bonds. The van der Waals surface area contributed by atoms with E-state index in [-0.39, 0.29) is 5.24 Å². The number of thiocarbonyl (C=S) groups is 1. The zero-order valence-electron chi connectivity index (χ0n) is 7.79. The Morgan fingerprint density at radius 2 is 2.12 bits per heavy atom. The van der Waals surface area contributed by atoms with Gasteiger partial charge in [0, 0.05) is 0 Å². The van der Waals surface area contributed by atoms with Gasteiger partial charge >= 0.3 is 0 Å². The number of carbonyl (C=O) groups is 1. The third kappa shape index (κ3) is 2.40. The summed E-state index contributed by atoms with van der Waals surface area (Å²) in [5.74, 6) is 0. The first-order valence-electron chi connectivity index (χ1n) is 4.27. The van der Waals surface area contributed by atoms with Crippen LogP contribution in [0.15, 0.2) is 23.1 Å². The van der Waals surface area contributed by atoms with E-state index in [4.69, 9.17) is 35.4 Å². The van der Waals surface area contributed by atoms with Crippen molar-refractivity contribution >= 4 is 63.5 Å². The van der Waals surface area contributed by atoms with Crippen LogP contribution in [0.1, 0.15) is 5.56 Å². The van der Waals surface area contributed by atoms with Crippen molar-refractivity contribution in [2.75, 3.05) is 0 Å². The molecule has 0 unspecified atom stereocenters. The maximum absolute atomic E-state index is 11.1. The monoisotopic (exact) mass is 289 g/mol. The molecule has 0 saturated carbocycles. The summed E-state index contributed by atoms with van der Waals surface area (Å²) in [7, 11) is 0. The van der Waals surface area contributed by atoms with E-state index in [1.165, 1.54) is 0 Å².